The Labute approximate surface area is 116 Å². The molecule has 1 aromatic carbocycles. The zero-order valence-corrected chi connectivity index (χ0v) is 11.3. The number of halogens is 2. The van der Waals surface area contributed by atoms with E-state index in [0.29, 0.717) is 10.7 Å². The molecule has 0 spiro atoms. The van der Waals surface area contributed by atoms with E-state index in [-0.39, 0.29) is 5.82 Å². The molecule has 0 bridgehead atoms. The van der Waals surface area contributed by atoms with Crippen LogP contribution in [0.15, 0.2) is 36.5 Å². The molecule has 0 aliphatic rings. The number of anilines is 3. The molecule has 2 aromatic rings. The van der Waals surface area contributed by atoms with Crippen LogP contribution in [0.5, 0.6) is 0 Å². The average molecular weight is 280 g/mol. The van der Waals surface area contributed by atoms with Crippen LogP contribution in [-0.4, -0.2) is 11.5 Å². The van der Waals surface area contributed by atoms with E-state index in [1.165, 1.54) is 12.1 Å². The minimum atomic E-state index is -0.343. The van der Waals surface area contributed by atoms with Crippen LogP contribution in [0.3, 0.4) is 0 Å². The van der Waals surface area contributed by atoms with Crippen molar-refractivity contribution < 1.29 is 4.39 Å². The molecule has 0 aliphatic heterocycles. The Kier molecular flexibility index (Phi) is 4.58. The fourth-order valence-electron chi connectivity index (χ4n) is 1.61. The van der Waals surface area contributed by atoms with E-state index in [4.69, 9.17) is 11.6 Å². The van der Waals surface area contributed by atoms with E-state index in [1.54, 1.807) is 18.3 Å². The predicted molar refractivity (Wildman–Crippen MR) is 77.7 cm³/mol. The molecular weight excluding hydrogens is 265 g/mol. The molecule has 0 atom stereocenters. The fraction of sp³-hybridized carbons (Fsp3) is 0.214. The Balaban J connectivity index is 2.16. The van der Waals surface area contributed by atoms with Crippen LogP contribution >= 0.6 is 11.6 Å². The van der Waals surface area contributed by atoms with Crippen LogP contribution < -0.4 is 10.6 Å². The van der Waals surface area contributed by atoms with Crippen LogP contribution in [0.4, 0.5) is 21.6 Å². The van der Waals surface area contributed by atoms with Crippen LogP contribution in [-0.2, 0) is 0 Å². The Morgan fingerprint density at radius 3 is 2.89 bits per heavy atom. The van der Waals surface area contributed by atoms with Crippen LogP contribution in [0.25, 0.3) is 0 Å². The molecule has 2 N–H and O–H groups in total. The highest BCUT2D eigenvalue weighted by Crippen LogP contribution is 2.24. The quantitative estimate of drug-likeness (QED) is 0.849. The van der Waals surface area contributed by atoms with E-state index < -0.39 is 0 Å². The second-order valence-corrected chi connectivity index (χ2v) is 4.54. The molecule has 2 rings (SSSR count). The summed E-state index contributed by atoms with van der Waals surface area (Å²) in [7, 11) is 0. The lowest BCUT2D eigenvalue weighted by molar-refractivity contribution is 0.632. The summed E-state index contributed by atoms with van der Waals surface area (Å²) in [5.41, 5.74) is 1.11. The molecule has 100 valence electrons. The molecule has 0 amide bonds. The number of hydrogen-bond acceptors (Lipinski definition) is 3. The Morgan fingerprint density at radius 2 is 2.11 bits per heavy atom. The molecule has 1 aromatic heterocycles. The molecule has 5 heteroatoms. The van der Waals surface area contributed by atoms with Gasteiger partial charge in [-0.05, 0) is 30.7 Å². The summed E-state index contributed by atoms with van der Waals surface area (Å²) >= 11 is 5.85. The molecule has 0 unspecified atom stereocenters. The van der Waals surface area contributed by atoms with Crippen molar-refractivity contribution in [2.75, 3.05) is 17.2 Å². The van der Waals surface area contributed by atoms with Crippen molar-refractivity contribution in [2.45, 2.75) is 13.3 Å². The lowest BCUT2D eigenvalue weighted by Gasteiger charge is -2.10. The highest BCUT2D eigenvalue weighted by atomic mass is 35.5. The van der Waals surface area contributed by atoms with Gasteiger partial charge in [0.15, 0.2) is 0 Å². The maximum atomic E-state index is 13.6. The molecule has 0 aliphatic carbocycles. The van der Waals surface area contributed by atoms with Gasteiger partial charge in [0.1, 0.15) is 11.6 Å². The molecule has 3 nitrogen and oxygen atoms in total. The minimum absolute atomic E-state index is 0.343. The number of aromatic nitrogens is 1. The third-order valence-electron chi connectivity index (χ3n) is 2.52. The van der Waals surface area contributed by atoms with Crippen molar-refractivity contribution >= 4 is 28.8 Å². The van der Waals surface area contributed by atoms with E-state index in [0.717, 1.165) is 24.5 Å². The Hall–Kier alpha value is -1.81. The third kappa shape index (κ3) is 3.83. The number of rotatable bonds is 5. The zero-order valence-electron chi connectivity index (χ0n) is 10.6. The average Bonchev–Trinajstić information content (AvgIpc) is 2.41. The standard InChI is InChI=1S/C14H15ClFN3/c1-2-6-17-14-9-11(5-7-18-14)19-13-8-10(15)3-4-12(13)16/h3-5,7-9H,2,6H2,1H3,(H2,17,18,19). The highest BCUT2D eigenvalue weighted by Gasteiger charge is 2.04. The SMILES string of the molecule is CCCNc1cc(Nc2cc(Cl)ccc2F)ccn1. The van der Waals surface area contributed by atoms with Gasteiger partial charge in [-0.3, -0.25) is 0 Å². The first-order valence-electron chi connectivity index (χ1n) is 6.11. The number of nitrogens with zero attached hydrogens (tertiary/aromatic N) is 1. The van der Waals surface area contributed by atoms with E-state index in [9.17, 15) is 4.39 Å². The minimum Gasteiger partial charge on any atom is -0.370 e. The summed E-state index contributed by atoms with van der Waals surface area (Å²) < 4.78 is 13.6. The van der Waals surface area contributed by atoms with Crippen molar-refractivity contribution in [1.82, 2.24) is 4.98 Å². The first-order valence-corrected chi connectivity index (χ1v) is 6.49. The van der Waals surface area contributed by atoms with Crippen molar-refractivity contribution in [3.8, 4) is 0 Å². The first-order chi connectivity index (χ1) is 9.19. The maximum Gasteiger partial charge on any atom is 0.146 e. The molecular formula is C14H15ClFN3. The van der Waals surface area contributed by atoms with E-state index >= 15 is 0 Å². The lowest BCUT2D eigenvalue weighted by atomic mass is 10.3. The third-order valence-corrected chi connectivity index (χ3v) is 2.76. The van der Waals surface area contributed by atoms with Gasteiger partial charge in [-0.2, -0.15) is 0 Å². The highest BCUT2D eigenvalue weighted by molar-refractivity contribution is 6.30. The molecule has 0 saturated heterocycles. The number of benzene rings is 1. The van der Waals surface area contributed by atoms with Gasteiger partial charge in [0.05, 0.1) is 5.69 Å². The van der Waals surface area contributed by atoms with Gasteiger partial charge in [-0.25, -0.2) is 9.37 Å². The van der Waals surface area contributed by atoms with Crippen molar-refractivity contribution in [3.05, 3.63) is 47.4 Å². The maximum absolute atomic E-state index is 13.6. The molecule has 1 heterocycles. The van der Waals surface area contributed by atoms with Gasteiger partial charge in [-0.15, -0.1) is 0 Å². The van der Waals surface area contributed by atoms with E-state index in [2.05, 4.69) is 22.5 Å². The Morgan fingerprint density at radius 1 is 1.26 bits per heavy atom. The summed E-state index contributed by atoms with van der Waals surface area (Å²) in [6.45, 7) is 2.93. The normalized spacial score (nSPS) is 10.3. The largest absolute Gasteiger partial charge is 0.370 e. The molecule has 0 fully saturated rings. The molecule has 19 heavy (non-hydrogen) atoms. The number of hydrogen-bond donors (Lipinski definition) is 2. The Bertz CT molecular complexity index is 560. The van der Waals surface area contributed by atoms with Crippen LogP contribution in [0, 0.1) is 5.82 Å². The summed E-state index contributed by atoms with van der Waals surface area (Å²) in [6, 6.07) is 8.01. The van der Waals surface area contributed by atoms with Gasteiger partial charge in [0, 0.05) is 29.5 Å². The predicted octanol–water partition coefficient (Wildman–Crippen LogP) is 4.44. The summed E-state index contributed by atoms with van der Waals surface area (Å²) in [4.78, 5) is 4.19. The smallest absolute Gasteiger partial charge is 0.146 e. The molecule has 0 saturated carbocycles. The van der Waals surface area contributed by atoms with Crippen molar-refractivity contribution in [1.29, 1.82) is 0 Å². The topological polar surface area (TPSA) is 37.0 Å². The fourth-order valence-corrected chi connectivity index (χ4v) is 1.78. The van der Waals surface area contributed by atoms with Gasteiger partial charge >= 0.3 is 0 Å². The van der Waals surface area contributed by atoms with Crippen LogP contribution in [0.2, 0.25) is 5.02 Å². The summed E-state index contributed by atoms with van der Waals surface area (Å²) in [5, 5.41) is 6.65. The first kappa shape index (κ1) is 13.6. The number of pyridine rings is 1. The van der Waals surface area contributed by atoms with Crippen LogP contribution in [0.1, 0.15) is 13.3 Å². The van der Waals surface area contributed by atoms with Crippen molar-refractivity contribution in [2.24, 2.45) is 0 Å². The van der Waals surface area contributed by atoms with Gasteiger partial charge < -0.3 is 10.6 Å². The number of nitrogens with one attached hydrogen (secondary N) is 2. The zero-order chi connectivity index (χ0) is 13.7. The van der Waals surface area contributed by atoms with Crippen molar-refractivity contribution in [3.63, 3.8) is 0 Å². The summed E-state index contributed by atoms with van der Waals surface area (Å²) in [5.74, 6) is 0.415. The van der Waals surface area contributed by atoms with E-state index in [1.807, 2.05) is 6.07 Å². The monoisotopic (exact) mass is 279 g/mol. The lowest BCUT2D eigenvalue weighted by Crippen LogP contribution is -2.02. The second-order valence-electron chi connectivity index (χ2n) is 4.11. The molecule has 0 radical (unpaired) electrons. The second kappa shape index (κ2) is 6.38. The van der Waals surface area contributed by atoms with Gasteiger partial charge in [-0.1, -0.05) is 18.5 Å². The summed E-state index contributed by atoms with van der Waals surface area (Å²) in [6.07, 6.45) is 2.69. The van der Waals surface area contributed by atoms with Gasteiger partial charge in [0.25, 0.3) is 0 Å². The van der Waals surface area contributed by atoms with Gasteiger partial charge in [0.2, 0.25) is 0 Å².